The molecule has 0 aliphatic carbocycles. The van der Waals surface area contributed by atoms with E-state index in [0.717, 1.165) is 10.6 Å². The Kier molecular flexibility index (Phi) is 7.67. The van der Waals surface area contributed by atoms with Crippen molar-refractivity contribution in [3.63, 3.8) is 0 Å². The second-order valence-electron chi connectivity index (χ2n) is 6.70. The third-order valence-electron chi connectivity index (χ3n) is 4.31. The smallest absolute Gasteiger partial charge is 0.255 e. The van der Waals surface area contributed by atoms with Gasteiger partial charge in [-0.25, -0.2) is 4.39 Å². The molecule has 7 heteroatoms. The van der Waals surface area contributed by atoms with E-state index in [1.165, 1.54) is 36.0 Å². The van der Waals surface area contributed by atoms with Crippen LogP contribution < -0.4 is 15.4 Å². The highest BCUT2D eigenvalue weighted by molar-refractivity contribution is 8.00. The number of thioether (sulfide) groups is 1. The first kappa shape index (κ1) is 22.4. The molecular weight excluding hydrogens is 415 g/mol. The van der Waals surface area contributed by atoms with Crippen molar-refractivity contribution in [2.45, 2.75) is 24.0 Å². The summed E-state index contributed by atoms with van der Waals surface area (Å²) >= 11 is 1.38. The van der Waals surface area contributed by atoms with Crippen LogP contribution in [-0.4, -0.2) is 23.7 Å². The van der Waals surface area contributed by atoms with Crippen molar-refractivity contribution >= 4 is 35.0 Å². The highest BCUT2D eigenvalue weighted by Gasteiger charge is 2.15. The second-order valence-corrected chi connectivity index (χ2v) is 8.11. The van der Waals surface area contributed by atoms with Gasteiger partial charge in [0.1, 0.15) is 11.6 Å². The van der Waals surface area contributed by atoms with Crippen molar-refractivity contribution in [2.24, 2.45) is 0 Å². The third-order valence-corrected chi connectivity index (χ3v) is 5.41. The molecule has 0 spiro atoms. The lowest BCUT2D eigenvalue weighted by Crippen LogP contribution is -2.22. The lowest BCUT2D eigenvalue weighted by Gasteiger charge is -2.13. The summed E-state index contributed by atoms with van der Waals surface area (Å²) in [5.74, 6) is -0.103. The van der Waals surface area contributed by atoms with Gasteiger partial charge >= 0.3 is 0 Å². The highest BCUT2D eigenvalue weighted by atomic mass is 32.2. The van der Waals surface area contributed by atoms with E-state index in [4.69, 9.17) is 4.74 Å². The molecule has 0 aliphatic rings. The molecule has 1 unspecified atom stereocenters. The fraction of sp³-hybridized carbons (Fsp3) is 0.167. The van der Waals surface area contributed by atoms with Crippen LogP contribution in [0.3, 0.4) is 0 Å². The van der Waals surface area contributed by atoms with Gasteiger partial charge in [0.25, 0.3) is 5.91 Å². The minimum Gasteiger partial charge on any atom is -0.494 e. The Labute approximate surface area is 185 Å². The van der Waals surface area contributed by atoms with Gasteiger partial charge < -0.3 is 15.4 Å². The molecule has 3 aromatic carbocycles. The van der Waals surface area contributed by atoms with Gasteiger partial charge in [0.05, 0.1) is 11.9 Å². The van der Waals surface area contributed by atoms with Gasteiger partial charge in [0, 0.05) is 21.8 Å². The van der Waals surface area contributed by atoms with Gasteiger partial charge in [-0.05, 0) is 80.6 Å². The lowest BCUT2D eigenvalue weighted by atomic mass is 10.2. The number of carbonyl (C=O) groups excluding carboxylic acids is 2. The number of amides is 2. The molecule has 0 radical (unpaired) electrons. The Morgan fingerprint density at radius 3 is 2.35 bits per heavy atom. The molecule has 0 bridgehead atoms. The van der Waals surface area contributed by atoms with Crippen molar-refractivity contribution in [1.29, 1.82) is 0 Å². The van der Waals surface area contributed by atoms with E-state index in [1.54, 1.807) is 30.3 Å². The van der Waals surface area contributed by atoms with Gasteiger partial charge in [0.2, 0.25) is 5.91 Å². The topological polar surface area (TPSA) is 67.4 Å². The van der Waals surface area contributed by atoms with Crippen molar-refractivity contribution in [1.82, 2.24) is 0 Å². The number of hydrogen-bond acceptors (Lipinski definition) is 4. The van der Waals surface area contributed by atoms with E-state index < -0.39 is 5.82 Å². The summed E-state index contributed by atoms with van der Waals surface area (Å²) in [7, 11) is 0. The van der Waals surface area contributed by atoms with Crippen LogP contribution in [0.2, 0.25) is 0 Å². The molecule has 0 saturated heterocycles. The first-order chi connectivity index (χ1) is 14.9. The normalized spacial score (nSPS) is 11.5. The molecule has 3 aromatic rings. The van der Waals surface area contributed by atoms with Crippen LogP contribution in [0.15, 0.2) is 77.7 Å². The van der Waals surface area contributed by atoms with Crippen LogP contribution in [0.25, 0.3) is 0 Å². The van der Waals surface area contributed by atoms with Gasteiger partial charge in [-0.15, -0.1) is 11.8 Å². The third kappa shape index (κ3) is 6.58. The molecule has 0 saturated carbocycles. The SMILES string of the molecule is CCOc1ccc(NC(=O)C(C)Sc2cccc(NC(=O)c3ccc(F)cc3)c2)cc1. The predicted molar refractivity (Wildman–Crippen MR) is 122 cm³/mol. The standard InChI is InChI=1S/C24H23FN2O3S/c1-3-30-21-13-11-19(12-14-21)26-23(28)16(2)31-22-6-4-5-20(15-22)27-24(29)17-7-9-18(25)10-8-17/h4-16H,3H2,1-2H3,(H,26,28)(H,27,29). The monoisotopic (exact) mass is 438 g/mol. The van der Waals surface area contributed by atoms with Crippen molar-refractivity contribution in [2.75, 3.05) is 17.2 Å². The molecular formula is C24H23FN2O3S. The van der Waals surface area contributed by atoms with Gasteiger partial charge in [-0.2, -0.15) is 0 Å². The Morgan fingerprint density at radius 1 is 0.968 bits per heavy atom. The molecule has 160 valence electrons. The highest BCUT2D eigenvalue weighted by Crippen LogP contribution is 2.27. The molecule has 1 atom stereocenters. The number of ether oxygens (including phenoxy) is 1. The Bertz CT molecular complexity index is 1040. The molecule has 0 fully saturated rings. The van der Waals surface area contributed by atoms with E-state index in [0.29, 0.717) is 23.5 Å². The fourth-order valence-electron chi connectivity index (χ4n) is 2.75. The minimum atomic E-state index is -0.396. The van der Waals surface area contributed by atoms with Gasteiger partial charge in [-0.3, -0.25) is 9.59 Å². The summed E-state index contributed by atoms with van der Waals surface area (Å²) in [5, 5.41) is 5.33. The molecule has 3 rings (SSSR count). The quantitative estimate of drug-likeness (QED) is 0.450. The van der Waals surface area contributed by atoms with Crippen LogP contribution in [0, 0.1) is 5.82 Å². The first-order valence-corrected chi connectivity index (χ1v) is 10.7. The van der Waals surface area contributed by atoms with E-state index >= 15 is 0 Å². The number of anilines is 2. The Hall–Kier alpha value is -3.32. The average molecular weight is 439 g/mol. The van der Waals surface area contributed by atoms with Crippen molar-refractivity contribution in [3.05, 3.63) is 84.2 Å². The average Bonchev–Trinajstić information content (AvgIpc) is 2.76. The number of nitrogens with one attached hydrogen (secondary N) is 2. The minimum absolute atomic E-state index is 0.130. The number of carbonyl (C=O) groups is 2. The van der Waals surface area contributed by atoms with Gasteiger partial charge in [-0.1, -0.05) is 6.07 Å². The van der Waals surface area contributed by atoms with Crippen molar-refractivity contribution < 1.29 is 18.7 Å². The zero-order valence-corrected chi connectivity index (χ0v) is 18.0. The van der Waals surface area contributed by atoms with Crippen LogP contribution in [0.5, 0.6) is 5.75 Å². The van der Waals surface area contributed by atoms with E-state index in [9.17, 15) is 14.0 Å². The van der Waals surface area contributed by atoms with E-state index in [-0.39, 0.29) is 17.1 Å². The first-order valence-electron chi connectivity index (χ1n) is 9.82. The summed E-state index contributed by atoms with van der Waals surface area (Å²) in [6.45, 7) is 4.32. The molecule has 2 amide bonds. The summed E-state index contributed by atoms with van der Waals surface area (Å²) in [4.78, 5) is 25.7. The summed E-state index contributed by atoms with van der Waals surface area (Å²) in [6.07, 6.45) is 0. The maximum absolute atomic E-state index is 13.0. The second kappa shape index (κ2) is 10.6. The largest absolute Gasteiger partial charge is 0.494 e. The molecule has 31 heavy (non-hydrogen) atoms. The number of hydrogen-bond donors (Lipinski definition) is 2. The maximum Gasteiger partial charge on any atom is 0.255 e. The molecule has 0 aliphatic heterocycles. The van der Waals surface area contributed by atoms with Crippen LogP contribution in [-0.2, 0) is 4.79 Å². The number of benzene rings is 3. The predicted octanol–water partition coefficient (Wildman–Crippen LogP) is 5.60. The zero-order valence-electron chi connectivity index (χ0n) is 17.2. The number of halogens is 1. The van der Waals surface area contributed by atoms with Crippen LogP contribution >= 0.6 is 11.8 Å². The molecule has 0 heterocycles. The zero-order chi connectivity index (χ0) is 22.2. The van der Waals surface area contributed by atoms with E-state index in [1.807, 2.05) is 32.0 Å². The maximum atomic E-state index is 13.0. The lowest BCUT2D eigenvalue weighted by molar-refractivity contribution is -0.115. The van der Waals surface area contributed by atoms with Gasteiger partial charge in [0.15, 0.2) is 0 Å². The molecule has 5 nitrogen and oxygen atoms in total. The Morgan fingerprint density at radius 2 is 1.68 bits per heavy atom. The van der Waals surface area contributed by atoms with E-state index in [2.05, 4.69) is 10.6 Å². The molecule has 2 N–H and O–H groups in total. The fourth-order valence-corrected chi connectivity index (χ4v) is 3.68. The summed E-state index contributed by atoms with van der Waals surface area (Å²) in [6, 6.07) is 19.8. The van der Waals surface area contributed by atoms with Crippen LogP contribution in [0.1, 0.15) is 24.2 Å². The summed E-state index contributed by atoms with van der Waals surface area (Å²) in [5.41, 5.74) is 1.65. The van der Waals surface area contributed by atoms with Crippen molar-refractivity contribution in [3.8, 4) is 5.75 Å². The molecule has 0 aromatic heterocycles. The number of rotatable bonds is 8. The Balaban J connectivity index is 1.58. The van der Waals surface area contributed by atoms with Crippen LogP contribution in [0.4, 0.5) is 15.8 Å². The summed E-state index contributed by atoms with van der Waals surface area (Å²) < 4.78 is 18.4.